The first-order valence-electron chi connectivity index (χ1n) is 5.24. The molecule has 3 aromatic rings. The van der Waals surface area contributed by atoms with Gasteiger partial charge < -0.3 is 4.42 Å². The first-order valence-corrected chi connectivity index (χ1v) is 7.60. The Morgan fingerprint density at radius 2 is 2.11 bits per heavy atom. The van der Waals surface area contributed by atoms with Crippen molar-refractivity contribution in [2.75, 3.05) is 4.72 Å². The second-order valence-electron chi connectivity index (χ2n) is 3.76. The summed E-state index contributed by atoms with van der Waals surface area (Å²) >= 11 is 1.13. The van der Waals surface area contributed by atoms with Gasteiger partial charge in [-0.25, -0.2) is 13.2 Å². The van der Waals surface area contributed by atoms with Gasteiger partial charge in [-0.1, -0.05) is 6.07 Å². The summed E-state index contributed by atoms with van der Waals surface area (Å²) in [4.78, 5) is 13.5. The fraction of sp³-hybridized carbons (Fsp3) is 0. The van der Waals surface area contributed by atoms with Gasteiger partial charge in [0.2, 0.25) is 0 Å². The van der Waals surface area contributed by atoms with Crippen LogP contribution in [0.3, 0.4) is 0 Å². The number of hydrogen-bond donors (Lipinski definition) is 2. The highest BCUT2D eigenvalue weighted by molar-refractivity contribution is 7.94. The lowest BCUT2D eigenvalue weighted by molar-refractivity contribution is 0.555. The molecular formula is C11H8N2O4S2. The Hall–Kier alpha value is -2.06. The number of benzene rings is 1. The lowest BCUT2D eigenvalue weighted by Gasteiger charge is -2.05. The standard InChI is InChI=1S/C11H8N2O4S2/c14-11-12-8-4-3-7(6-9(8)17-11)13-19(15,16)10-2-1-5-18-10/h1-6,13H,(H,12,14). The van der Waals surface area contributed by atoms with E-state index < -0.39 is 15.8 Å². The van der Waals surface area contributed by atoms with Gasteiger partial charge >= 0.3 is 5.76 Å². The molecule has 0 aliphatic carbocycles. The molecule has 3 rings (SSSR count). The Kier molecular flexibility index (Phi) is 2.68. The zero-order valence-electron chi connectivity index (χ0n) is 9.41. The van der Waals surface area contributed by atoms with Crippen LogP contribution in [0.2, 0.25) is 0 Å². The number of aromatic amines is 1. The molecule has 98 valence electrons. The van der Waals surface area contributed by atoms with Crippen LogP contribution in [-0.2, 0) is 10.0 Å². The lowest BCUT2D eigenvalue weighted by atomic mass is 10.3. The predicted octanol–water partition coefficient (Wildman–Crippen LogP) is 1.98. The first kappa shape index (κ1) is 12.0. The van der Waals surface area contributed by atoms with E-state index in [4.69, 9.17) is 4.42 Å². The van der Waals surface area contributed by atoms with E-state index in [9.17, 15) is 13.2 Å². The highest BCUT2D eigenvalue weighted by Gasteiger charge is 2.15. The van der Waals surface area contributed by atoms with Crippen LogP contribution in [0.4, 0.5) is 5.69 Å². The number of sulfonamides is 1. The molecule has 0 saturated heterocycles. The number of hydrogen-bond acceptors (Lipinski definition) is 5. The molecule has 2 aromatic heterocycles. The average molecular weight is 296 g/mol. The van der Waals surface area contributed by atoms with Crippen LogP contribution in [0.25, 0.3) is 11.1 Å². The smallest absolute Gasteiger partial charge is 0.408 e. The summed E-state index contributed by atoms with van der Waals surface area (Å²) < 4.78 is 31.5. The van der Waals surface area contributed by atoms with Crippen molar-refractivity contribution >= 4 is 38.1 Å². The van der Waals surface area contributed by atoms with E-state index in [1.807, 2.05) is 0 Å². The summed E-state index contributed by atoms with van der Waals surface area (Å²) in [6.45, 7) is 0. The van der Waals surface area contributed by atoms with Gasteiger partial charge in [-0.3, -0.25) is 9.71 Å². The third-order valence-corrected chi connectivity index (χ3v) is 5.21. The zero-order valence-corrected chi connectivity index (χ0v) is 11.0. The lowest BCUT2D eigenvalue weighted by Crippen LogP contribution is -2.11. The number of oxazole rings is 1. The summed E-state index contributed by atoms with van der Waals surface area (Å²) in [7, 11) is -3.59. The Morgan fingerprint density at radius 1 is 1.26 bits per heavy atom. The van der Waals surface area contributed by atoms with Gasteiger partial charge in [0.05, 0.1) is 11.2 Å². The molecule has 0 unspecified atom stereocenters. The second-order valence-corrected chi connectivity index (χ2v) is 6.62. The third-order valence-electron chi connectivity index (χ3n) is 2.43. The Bertz CT molecular complexity index is 875. The van der Waals surface area contributed by atoms with Crippen molar-refractivity contribution in [2.45, 2.75) is 4.21 Å². The number of H-pyrrole nitrogens is 1. The van der Waals surface area contributed by atoms with Crippen LogP contribution in [0.5, 0.6) is 0 Å². The quantitative estimate of drug-likeness (QED) is 0.773. The van der Waals surface area contributed by atoms with Crippen molar-refractivity contribution in [3.63, 3.8) is 0 Å². The van der Waals surface area contributed by atoms with Gasteiger partial charge in [-0.05, 0) is 23.6 Å². The average Bonchev–Trinajstić information content (AvgIpc) is 2.95. The summed E-state index contributed by atoms with van der Waals surface area (Å²) in [5.41, 5.74) is 1.16. The molecule has 0 bridgehead atoms. The maximum Gasteiger partial charge on any atom is 0.417 e. The fourth-order valence-corrected chi connectivity index (χ4v) is 3.67. The molecule has 1 aromatic carbocycles. The van der Waals surface area contributed by atoms with E-state index >= 15 is 0 Å². The van der Waals surface area contributed by atoms with Crippen molar-refractivity contribution in [2.24, 2.45) is 0 Å². The van der Waals surface area contributed by atoms with Crippen LogP contribution >= 0.6 is 11.3 Å². The molecule has 0 spiro atoms. The summed E-state index contributed by atoms with van der Waals surface area (Å²) in [6.07, 6.45) is 0. The molecular weight excluding hydrogens is 288 g/mol. The first-order chi connectivity index (χ1) is 9.04. The molecule has 0 aliphatic rings. The summed E-state index contributed by atoms with van der Waals surface area (Å²) in [5, 5.41) is 1.68. The highest BCUT2D eigenvalue weighted by atomic mass is 32.2. The topological polar surface area (TPSA) is 92.2 Å². The number of anilines is 1. The maximum atomic E-state index is 12.0. The normalized spacial score (nSPS) is 11.8. The van der Waals surface area contributed by atoms with Gasteiger partial charge in [-0.2, -0.15) is 0 Å². The van der Waals surface area contributed by atoms with Crippen LogP contribution in [0.1, 0.15) is 0 Å². The van der Waals surface area contributed by atoms with Crippen LogP contribution < -0.4 is 10.5 Å². The van der Waals surface area contributed by atoms with E-state index in [0.29, 0.717) is 16.8 Å². The molecule has 0 saturated carbocycles. The van der Waals surface area contributed by atoms with E-state index in [1.165, 1.54) is 12.1 Å². The minimum Gasteiger partial charge on any atom is -0.408 e. The SMILES string of the molecule is O=c1[nH]c2ccc(NS(=O)(=O)c3cccs3)cc2o1. The Labute approximate surface area is 111 Å². The number of thiophene rings is 1. The monoisotopic (exact) mass is 296 g/mol. The molecule has 0 fully saturated rings. The molecule has 0 atom stereocenters. The molecule has 2 heterocycles. The molecule has 8 heteroatoms. The van der Waals surface area contributed by atoms with Crippen molar-refractivity contribution < 1.29 is 12.8 Å². The molecule has 19 heavy (non-hydrogen) atoms. The maximum absolute atomic E-state index is 12.0. The highest BCUT2D eigenvalue weighted by Crippen LogP contribution is 2.22. The number of fused-ring (bicyclic) bond motifs is 1. The molecule has 0 amide bonds. The van der Waals surface area contributed by atoms with Gasteiger partial charge in [0.1, 0.15) is 4.21 Å². The van der Waals surface area contributed by atoms with E-state index in [1.54, 1.807) is 23.6 Å². The van der Waals surface area contributed by atoms with E-state index in [-0.39, 0.29) is 4.21 Å². The third kappa shape index (κ3) is 2.27. The molecule has 0 aliphatic heterocycles. The van der Waals surface area contributed by atoms with Crippen molar-refractivity contribution in [1.29, 1.82) is 0 Å². The van der Waals surface area contributed by atoms with Gasteiger partial charge in [0.15, 0.2) is 5.58 Å². The van der Waals surface area contributed by atoms with Crippen molar-refractivity contribution in [3.05, 3.63) is 46.3 Å². The van der Waals surface area contributed by atoms with E-state index in [0.717, 1.165) is 11.3 Å². The fourth-order valence-electron chi connectivity index (χ4n) is 1.63. The van der Waals surface area contributed by atoms with Crippen molar-refractivity contribution in [1.82, 2.24) is 4.98 Å². The second kappa shape index (κ2) is 4.25. The molecule has 0 radical (unpaired) electrons. The number of rotatable bonds is 3. The van der Waals surface area contributed by atoms with Gasteiger partial charge in [0, 0.05) is 6.07 Å². The van der Waals surface area contributed by atoms with Crippen molar-refractivity contribution in [3.8, 4) is 0 Å². The zero-order chi connectivity index (χ0) is 13.5. The van der Waals surface area contributed by atoms with Crippen LogP contribution in [0, 0.1) is 0 Å². The Balaban J connectivity index is 1.99. The summed E-state index contributed by atoms with van der Waals surface area (Å²) in [5.74, 6) is -0.576. The Morgan fingerprint density at radius 3 is 2.84 bits per heavy atom. The largest absolute Gasteiger partial charge is 0.417 e. The van der Waals surface area contributed by atoms with Crippen LogP contribution in [0.15, 0.2) is 49.1 Å². The van der Waals surface area contributed by atoms with E-state index in [2.05, 4.69) is 9.71 Å². The molecule has 6 nitrogen and oxygen atoms in total. The van der Waals surface area contributed by atoms with Gasteiger partial charge in [0.25, 0.3) is 10.0 Å². The van der Waals surface area contributed by atoms with Gasteiger partial charge in [-0.15, -0.1) is 11.3 Å². The molecule has 2 N–H and O–H groups in total. The minimum absolute atomic E-state index is 0.225. The number of nitrogens with one attached hydrogen (secondary N) is 2. The predicted molar refractivity (Wildman–Crippen MR) is 72.0 cm³/mol. The number of aromatic nitrogens is 1. The minimum atomic E-state index is -3.59. The van der Waals surface area contributed by atoms with Crippen LogP contribution in [-0.4, -0.2) is 13.4 Å². The summed E-state index contributed by atoms with van der Waals surface area (Å²) in [6, 6.07) is 7.76.